The van der Waals surface area contributed by atoms with E-state index < -0.39 is 17.7 Å². The van der Waals surface area contributed by atoms with E-state index in [0.29, 0.717) is 27.4 Å². The molecule has 0 saturated carbocycles. The maximum atomic E-state index is 13.9. The molecule has 34 heavy (non-hydrogen) atoms. The maximum absolute atomic E-state index is 13.9. The van der Waals surface area contributed by atoms with Gasteiger partial charge in [0.15, 0.2) is 5.78 Å². The van der Waals surface area contributed by atoms with Crippen LogP contribution in [0.15, 0.2) is 72.8 Å². The fourth-order valence-electron chi connectivity index (χ4n) is 5.82. The number of benzene rings is 4. The number of alkyl halides is 3. The van der Waals surface area contributed by atoms with Gasteiger partial charge in [0.05, 0.1) is 22.0 Å². The van der Waals surface area contributed by atoms with E-state index in [1.165, 1.54) is 0 Å². The van der Waals surface area contributed by atoms with E-state index >= 15 is 0 Å². The monoisotopic (exact) mass is 473 g/mol. The summed E-state index contributed by atoms with van der Waals surface area (Å²) in [5.74, 6) is -0.592. The molecule has 3 aliphatic rings. The lowest BCUT2D eigenvalue weighted by Gasteiger charge is -2.30. The Bertz CT molecular complexity index is 1650. The number of Topliss-reactive ketones (excluding diaryl/α,β-unsaturated/α-hetero) is 1. The number of aromatic nitrogens is 1. The Hall–Kier alpha value is -3.57. The molecule has 1 N–H and O–H groups in total. The van der Waals surface area contributed by atoms with E-state index in [0.717, 1.165) is 39.9 Å². The molecule has 8 rings (SSSR count). The smallest absolute Gasteiger partial charge is 0.353 e. The molecule has 0 unspecified atom stereocenters. The number of rotatable bonds is 0. The van der Waals surface area contributed by atoms with E-state index in [4.69, 9.17) is 11.6 Å². The summed E-state index contributed by atoms with van der Waals surface area (Å²) >= 11 is 6.25. The number of ketones is 1. The van der Waals surface area contributed by atoms with Crippen molar-refractivity contribution in [1.29, 1.82) is 0 Å². The highest BCUT2D eigenvalue weighted by Gasteiger charge is 2.42. The Labute approximate surface area is 197 Å². The molecule has 0 aliphatic heterocycles. The molecule has 0 saturated heterocycles. The second-order valence-electron chi connectivity index (χ2n) is 8.98. The SMILES string of the molecule is O=C1c2cc3[nH]c4c(Cl)cc(C(F)(F)F)cc4c3cc2C2c3ccccc3C1c1ccccc12. The predicted octanol–water partition coefficient (Wildman–Crippen LogP) is 7.82. The number of carbonyl (C=O) groups is 1. The zero-order valence-corrected chi connectivity index (χ0v) is 18.3. The van der Waals surface area contributed by atoms with Crippen molar-refractivity contribution in [3.8, 4) is 0 Å². The van der Waals surface area contributed by atoms with Gasteiger partial charge in [-0.25, -0.2) is 0 Å². The number of hydrogen-bond donors (Lipinski definition) is 1. The first-order chi connectivity index (χ1) is 16.3. The van der Waals surface area contributed by atoms with Crippen LogP contribution < -0.4 is 0 Å². The Morgan fingerprint density at radius 3 is 1.91 bits per heavy atom. The first kappa shape index (κ1) is 19.9. The average Bonchev–Trinajstić information content (AvgIpc) is 3.10. The van der Waals surface area contributed by atoms with E-state index in [-0.39, 0.29) is 16.7 Å². The van der Waals surface area contributed by atoms with Gasteiger partial charge < -0.3 is 4.98 Å². The summed E-state index contributed by atoms with van der Waals surface area (Å²) in [5, 5.41) is 1.01. The third-order valence-electron chi connectivity index (χ3n) is 7.23. The van der Waals surface area contributed by atoms with Crippen LogP contribution in [0.1, 0.15) is 55.6 Å². The molecule has 5 aromatic rings. The summed E-state index contributed by atoms with van der Waals surface area (Å²) in [7, 11) is 0. The number of aromatic amines is 1. The van der Waals surface area contributed by atoms with Gasteiger partial charge in [-0.15, -0.1) is 0 Å². The highest BCUT2D eigenvalue weighted by Crippen LogP contribution is 2.52. The van der Waals surface area contributed by atoms with Gasteiger partial charge in [-0.1, -0.05) is 60.1 Å². The lowest BCUT2D eigenvalue weighted by molar-refractivity contribution is -0.137. The summed E-state index contributed by atoms with van der Waals surface area (Å²) in [4.78, 5) is 17.1. The molecular weight excluding hydrogens is 459 g/mol. The largest absolute Gasteiger partial charge is 0.416 e. The fourth-order valence-corrected chi connectivity index (χ4v) is 6.09. The van der Waals surface area contributed by atoms with Crippen LogP contribution in [0.5, 0.6) is 0 Å². The molecule has 166 valence electrons. The molecule has 0 spiro atoms. The van der Waals surface area contributed by atoms with E-state index in [1.54, 1.807) is 6.07 Å². The molecule has 1 aromatic heterocycles. The van der Waals surface area contributed by atoms with Crippen molar-refractivity contribution >= 4 is 39.2 Å². The Balaban J connectivity index is 1.60. The van der Waals surface area contributed by atoms with Crippen LogP contribution in [0.4, 0.5) is 13.2 Å². The summed E-state index contributed by atoms with van der Waals surface area (Å²) in [5.41, 5.74) is 5.74. The maximum Gasteiger partial charge on any atom is 0.416 e. The minimum Gasteiger partial charge on any atom is -0.353 e. The number of halogens is 4. The van der Waals surface area contributed by atoms with Crippen molar-refractivity contribution in [2.24, 2.45) is 0 Å². The normalized spacial score (nSPS) is 18.6. The minimum absolute atomic E-state index is 0.000224. The van der Waals surface area contributed by atoms with Gasteiger partial charge >= 0.3 is 6.18 Å². The van der Waals surface area contributed by atoms with Gasteiger partial charge in [-0.05, 0) is 52.1 Å². The molecule has 0 amide bonds. The number of hydrogen-bond acceptors (Lipinski definition) is 1. The van der Waals surface area contributed by atoms with Crippen LogP contribution in [0.25, 0.3) is 21.8 Å². The van der Waals surface area contributed by atoms with Crippen LogP contribution in [0.3, 0.4) is 0 Å². The number of nitrogens with one attached hydrogen (secondary N) is 1. The number of fused-ring (bicyclic) bond motifs is 3. The standard InChI is InChI=1S/C28H15ClF3NO/c29-22-10-13(28(30,31)32)9-20-18-11-19-21(12-23(18)33-26(20)22)27(34)25-16-7-3-1-5-14(16)24(19)15-6-2-4-8-17(15)25/h1-12,24-25,33H. The number of H-pyrrole nitrogens is 1. The van der Waals surface area contributed by atoms with E-state index in [2.05, 4.69) is 4.98 Å². The van der Waals surface area contributed by atoms with Crippen LogP contribution in [0, 0.1) is 0 Å². The van der Waals surface area contributed by atoms with Crippen LogP contribution in [-0.2, 0) is 6.18 Å². The highest BCUT2D eigenvalue weighted by molar-refractivity contribution is 6.36. The van der Waals surface area contributed by atoms with E-state index in [1.807, 2.05) is 54.6 Å². The molecule has 6 heteroatoms. The van der Waals surface area contributed by atoms with Crippen molar-refractivity contribution in [1.82, 2.24) is 4.98 Å². The fraction of sp³-hybridized carbons (Fsp3) is 0.107. The molecule has 3 aliphatic carbocycles. The Morgan fingerprint density at radius 1 is 0.735 bits per heavy atom. The average molecular weight is 474 g/mol. The minimum atomic E-state index is -4.51. The van der Waals surface area contributed by atoms with Crippen molar-refractivity contribution < 1.29 is 18.0 Å². The Kier molecular flexibility index (Phi) is 3.80. The molecular formula is C28H15ClF3NO. The van der Waals surface area contributed by atoms with Crippen molar-refractivity contribution in [2.75, 3.05) is 0 Å². The van der Waals surface area contributed by atoms with Crippen LogP contribution in [-0.4, -0.2) is 10.8 Å². The zero-order valence-electron chi connectivity index (χ0n) is 17.5. The molecule has 4 aromatic carbocycles. The van der Waals surface area contributed by atoms with Crippen molar-refractivity contribution in [3.05, 3.63) is 117 Å². The first-order valence-electron chi connectivity index (χ1n) is 10.9. The lowest BCUT2D eigenvalue weighted by Crippen LogP contribution is -2.19. The van der Waals surface area contributed by atoms with Crippen molar-refractivity contribution in [2.45, 2.75) is 18.0 Å². The third-order valence-corrected chi connectivity index (χ3v) is 7.53. The zero-order chi connectivity index (χ0) is 23.4. The summed E-state index contributed by atoms with van der Waals surface area (Å²) < 4.78 is 40.6. The second-order valence-corrected chi connectivity index (χ2v) is 9.38. The lowest BCUT2D eigenvalue weighted by atomic mass is 9.72. The van der Waals surface area contributed by atoms with Gasteiger partial charge in [0.1, 0.15) is 0 Å². The quantitative estimate of drug-likeness (QED) is 0.244. The second kappa shape index (κ2) is 6.51. The van der Waals surface area contributed by atoms with Gasteiger partial charge in [-0.2, -0.15) is 13.2 Å². The van der Waals surface area contributed by atoms with Gasteiger partial charge in [-0.3, -0.25) is 4.79 Å². The molecule has 2 nitrogen and oxygen atoms in total. The first-order valence-corrected chi connectivity index (χ1v) is 11.3. The topological polar surface area (TPSA) is 32.9 Å². The molecule has 0 radical (unpaired) electrons. The molecule has 2 bridgehead atoms. The molecule has 0 atom stereocenters. The molecule has 1 heterocycles. The highest BCUT2D eigenvalue weighted by atomic mass is 35.5. The summed E-state index contributed by atoms with van der Waals surface area (Å²) in [6, 6.07) is 21.6. The van der Waals surface area contributed by atoms with Crippen molar-refractivity contribution in [3.63, 3.8) is 0 Å². The number of carbonyl (C=O) groups excluding carboxylic acids is 1. The third kappa shape index (κ3) is 2.50. The van der Waals surface area contributed by atoms with Crippen LogP contribution >= 0.6 is 11.6 Å². The summed E-state index contributed by atoms with van der Waals surface area (Å²) in [6.07, 6.45) is -4.51. The van der Waals surface area contributed by atoms with Gasteiger partial charge in [0.25, 0.3) is 0 Å². The summed E-state index contributed by atoms with van der Waals surface area (Å²) in [6.45, 7) is 0. The molecule has 0 fully saturated rings. The van der Waals surface area contributed by atoms with Gasteiger partial charge in [0.2, 0.25) is 0 Å². The van der Waals surface area contributed by atoms with Gasteiger partial charge in [0, 0.05) is 27.8 Å². The Morgan fingerprint density at radius 2 is 1.32 bits per heavy atom. The predicted molar refractivity (Wildman–Crippen MR) is 126 cm³/mol. The van der Waals surface area contributed by atoms with Crippen LogP contribution in [0.2, 0.25) is 5.02 Å². The van der Waals surface area contributed by atoms with E-state index in [9.17, 15) is 18.0 Å².